The van der Waals surface area contributed by atoms with Crippen LogP contribution in [0.25, 0.3) is 0 Å². The number of carbonyl (C=O) groups excluding carboxylic acids is 1. The second-order valence-corrected chi connectivity index (χ2v) is 5.17. The highest BCUT2D eigenvalue weighted by molar-refractivity contribution is 7.11. The number of ether oxygens (including phenoxy) is 1. The first-order valence-electron chi connectivity index (χ1n) is 6.12. The molecule has 0 fully saturated rings. The van der Waals surface area contributed by atoms with Crippen molar-refractivity contribution < 1.29 is 9.53 Å². The highest BCUT2D eigenvalue weighted by Gasteiger charge is 2.10. The van der Waals surface area contributed by atoms with E-state index in [0.29, 0.717) is 19.5 Å². The maximum absolute atomic E-state index is 11.6. The van der Waals surface area contributed by atoms with Crippen molar-refractivity contribution >= 4 is 42.1 Å². The first-order chi connectivity index (χ1) is 8.69. The minimum absolute atomic E-state index is 0. The summed E-state index contributed by atoms with van der Waals surface area (Å²) in [6, 6.07) is 0. The van der Waals surface area contributed by atoms with E-state index in [-0.39, 0.29) is 36.8 Å². The molecule has 0 aliphatic heterocycles. The molecule has 3 N–H and O–H groups in total. The summed E-state index contributed by atoms with van der Waals surface area (Å²) in [4.78, 5) is 17.1. The first-order valence-corrected chi connectivity index (χ1v) is 6.94. The normalized spacial score (nSPS) is 11.2. The van der Waals surface area contributed by atoms with Gasteiger partial charge >= 0.3 is 0 Å². The molecular formula is C12H23Cl2N3O2S. The summed E-state index contributed by atoms with van der Waals surface area (Å²) >= 11 is 1.70. The largest absolute Gasteiger partial charge is 0.380 e. The van der Waals surface area contributed by atoms with Crippen molar-refractivity contribution in [3.8, 4) is 0 Å². The summed E-state index contributed by atoms with van der Waals surface area (Å²) in [7, 11) is 1.56. The Balaban J connectivity index is 0. The molecule has 118 valence electrons. The number of nitrogens with two attached hydrogens (primary N) is 1. The number of rotatable bonds is 8. The molecule has 1 heterocycles. The van der Waals surface area contributed by atoms with Gasteiger partial charge in [0, 0.05) is 37.7 Å². The van der Waals surface area contributed by atoms with Gasteiger partial charge in [-0.1, -0.05) is 6.92 Å². The lowest BCUT2D eigenvalue weighted by atomic mass is 10.2. The number of amides is 1. The van der Waals surface area contributed by atoms with E-state index in [9.17, 15) is 4.79 Å². The standard InChI is InChI=1S/C12H21N3O2S.2ClH/c1-3-10-8-15-12(18-10)4-5-14-11(16)6-9(7-13)17-2;;/h8-9H,3-7,13H2,1-2H3,(H,14,16);2*1H. The Bertz CT molecular complexity index is 373. The Morgan fingerprint density at radius 1 is 1.55 bits per heavy atom. The first kappa shape index (κ1) is 21.9. The third-order valence-corrected chi connectivity index (χ3v) is 3.82. The molecule has 1 amide bonds. The number of methoxy groups -OCH3 is 1. The smallest absolute Gasteiger partial charge is 0.222 e. The van der Waals surface area contributed by atoms with E-state index in [1.807, 2.05) is 6.20 Å². The highest BCUT2D eigenvalue weighted by Crippen LogP contribution is 2.13. The Labute approximate surface area is 136 Å². The number of hydrogen-bond donors (Lipinski definition) is 2. The van der Waals surface area contributed by atoms with Gasteiger partial charge in [0.1, 0.15) is 0 Å². The molecule has 0 radical (unpaired) electrons. The van der Waals surface area contributed by atoms with Crippen LogP contribution < -0.4 is 11.1 Å². The summed E-state index contributed by atoms with van der Waals surface area (Å²) in [5.74, 6) is -0.0282. The zero-order valence-corrected chi connectivity index (χ0v) is 14.2. The molecule has 0 saturated heterocycles. The Kier molecular flexibility index (Phi) is 13.5. The fourth-order valence-electron chi connectivity index (χ4n) is 1.48. The number of carbonyl (C=O) groups is 1. The minimum atomic E-state index is -0.198. The molecule has 1 aromatic heterocycles. The van der Waals surface area contributed by atoms with Crippen LogP contribution in [0.3, 0.4) is 0 Å². The summed E-state index contributed by atoms with van der Waals surface area (Å²) in [5.41, 5.74) is 5.46. The molecule has 20 heavy (non-hydrogen) atoms. The van der Waals surface area contributed by atoms with Crippen molar-refractivity contribution in [3.63, 3.8) is 0 Å². The number of thiazole rings is 1. The van der Waals surface area contributed by atoms with Gasteiger partial charge in [0.25, 0.3) is 0 Å². The SMILES string of the molecule is CCc1cnc(CCNC(=O)CC(CN)OC)s1.Cl.Cl. The van der Waals surface area contributed by atoms with Gasteiger partial charge in [-0.15, -0.1) is 36.2 Å². The van der Waals surface area contributed by atoms with Crippen LogP contribution in [0, 0.1) is 0 Å². The van der Waals surface area contributed by atoms with E-state index >= 15 is 0 Å². The van der Waals surface area contributed by atoms with E-state index in [1.165, 1.54) is 4.88 Å². The van der Waals surface area contributed by atoms with E-state index in [0.717, 1.165) is 17.8 Å². The third-order valence-electron chi connectivity index (χ3n) is 2.62. The lowest BCUT2D eigenvalue weighted by Gasteiger charge is -2.12. The van der Waals surface area contributed by atoms with E-state index in [1.54, 1.807) is 18.4 Å². The summed E-state index contributed by atoms with van der Waals surface area (Å²) in [5, 5.41) is 3.91. The molecule has 8 heteroatoms. The van der Waals surface area contributed by atoms with Crippen LogP contribution in [0.5, 0.6) is 0 Å². The van der Waals surface area contributed by atoms with Crippen molar-refractivity contribution in [2.45, 2.75) is 32.3 Å². The number of nitrogens with one attached hydrogen (secondary N) is 1. The van der Waals surface area contributed by atoms with Crippen molar-refractivity contribution in [1.29, 1.82) is 0 Å². The average molecular weight is 344 g/mol. The highest BCUT2D eigenvalue weighted by atomic mass is 35.5. The Morgan fingerprint density at radius 3 is 2.75 bits per heavy atom. The summed E-state index contributed by atoms with van der Waals surface area (Å²) in [6.45, 7) is 3.07. The van der Waals surface area contributed by atoms with Crippen LogP contribution in [0.2, 0.25) is 0 Å². The van der Waals surface area contributed by atoms with Gasteiger partial charge in [-0.3, -0.25) is 4.79 Å². The zero-order chi connectivity index (χ0) is 13.4. The zero-order valence-electron chi connectivity index (χ0n) is 11.8. The maximum Gasteiger partial charge on any atom is 0.222 e. The van der Waals surface area contributed by atoms with Gasteiger partial charge < -0.3 is 15.8 Å². The summed E-state index contributed by atoms with van der Waals surface area (Å²) < 4.78 is 5.06. The molecule has 5 nitrogen and oxygen atoms in total. The number of hydrogen-bond acceptors (Lipinski definition) is 5. The summed E-state index contributed by atoms with van der Waals surface area (Å²) in [6.07, 6.45) is 3.80. The fraction of sp³-hybridized carbons (Fsp3) is 0.667. The average Bonchev–Trinajstić information content (AvgIpc) is 2.84. The number of aryl methyl sites for hydroxylation is 1. The number of aromatic nitrogens is 1. The van der Waals surface area contributed by atoms with Crippen molar-refractivity contribution in [2.75, 3.05) is 20.2 Å². The predicted molar refractivity (Wildman–Crippen MR) is 87.2 cm³/mol. The molecule has 0 aromatic carbocycles. The van der Waals surface area contributed by atoms with Gasteiger partial charge in [0.15, 0.2) is 0 Å². The molecule has 0 bridgehead atoms. The number of nitrogens with zero attached hydrogens (tertiary/aromatic N) is 1. The lowest BCUT2D eigenvalue weighted by molar-refractivity contribution is -0.123. The van der Waals surface area contributed by atoms with Gasteiger partial charge in [-0.05, 0) is 6.42 Å². The molecule has 0 aliphatic carbocycles. The molecule has 1 unspecified atom stereocenters. The fourth-order valence-corrected chi connectivity index (χ4v) is 2.34. The predicted octanol–water partition coefficient (Wildman–Crippen LogP) is 1.57. The maximum atomic E-state index is 11.6. The van der Waals surface area contributed by atoms with Crippen molar-refractivity contribution in [1.82, 2.24) is 10.3 Å². The van der Waals surface area contributed by atoms with Crippen LogP contribution in [-0.4, -0.2) is 37.2 Å². The van der Waals surface area contributed by atoms with Gasteiger partial charge in [0.05, 0.1) is 17.5 Å². The second kappa shape index (κ2) is 12.3. The van der Waals surface area contributed by atoms with Crippen LogP contribution in [0.4, 0.5) is 0 Å². The third kappa shape index (κ3) is 8.01. The van der Waals surface area contributed by atoms with Crippen LogP contribution in [-0.2, 0) is 22.4 Å². The molecule has 0 spiro atoms. The molecule has 0 saturated carbocycles. The van der Waals surface area contributed by atoms with Crippen molar-refractivity contribution in [2.24, 2.45) is 5.73 Å². The molecular weight excluding hydrogens is 321 g/mol. The van der Waals surface area contributed by atoms with Crippen LogP contribution >= 0.6 is 36.2 Å². The quantitative estimate of drug-likeness (QED) is 0.751. The molecule has 0 aliphatic rings. The number of halogens is 2. The Morgan fingerprint density at radius 2 is 2.25 bits per heavy atom. The Hall–Kier alpha value is -0.400. The lowest BCUT2D eigenvalue weighted by Crippen LogP contribution is -2.33. The minimum Gasteiger partial charge on any atom is -0.380 e. The van der Waals surface area contributed by atoms with Crippen molar-refractivity contribution in [3.05, 3.63) is 16.1 Å². The molecule has 1 rings (SSSR count). The topological polar surface area (TPSA) is 77.2 Å². The molecule has 1 aromatic rings. The molecule has 1 atom stereocenters. The van der Waals surface area contributed by atoms with Crippen LogP contribution in [0.15, 0.2) is 6.20 Å². The van der Waals surface area contributed by atoms with Gasteiger partial charge in [-0.25, -0.2) is 4.98 Å². The van der Waals surface area contributed by atoms with E-state index in [2.05, 4.69) is 17.2 Å². The van der Waals surface area contributed by atoms with Crippen LogP contribution in [0.1, 0.15) is 23.2 Å². The second-order valence-electron chi connectivity index (χ2n) is 3.97. The van der Waals surface area contributed by atoms with E-state index in [4.69, 9.17) is 10.5 Å². The van der Waals surface area contributed by atoms with Gasteiger partial charge in [0.2, 0.25) is 5.91 Å². The monoisotopic (exact) mass is 343 g/mol. The van der Waals surface area contributed by atoms with Gasteiger partial charge in [-0.2, -0.15) is 0 Å². The van der Waals surface area contributed by atoms with E-state index < -0.39 is 0 Å².